The summed E-state index contributed by atoms with van der Waals surface area (Å²) in [7, 11) is 2.25. The highest BCUT2D eigenvalue weighted by molar-refractivity contribution is 5.03. The number of likely N-dealkylation sites (N-methyl/N-ethyl adjacent to an activating group) is 1. The molecule has 0 aliphatic carbocycles. The highest BCUT2D eigenvalue weighted by Gasteiger charge is 2.45. The Bertz CT molecular complexity index is 295. The minimum atomic E-state index is 0.216. The lowest BCUT2D eigenvalue weighted by Gasteiger charge is -2.50. The summed E-state index contributed by atoms with van der Waals surface area (Å²) in [6.45, 7) is 14.7. The van der Waals surface area contributed by atoms with Crippen molar-refractivity contribution in [3.05, 3.63) is 0 Å². The van der Waals surface area contributed by atoms with Crippen LogP contribution in [0.2, 0.25) is 0 Å². The number of nitrogens with zero attached hydrogens (tertiary/aromatic N) is 3. The Hall–Kier alpha value is -0.160. The van der Waals surface area contributed by atoms with Gasteiger partial charge in [0.2, 0.25) is 0 Å². The molecule has 0 saturated carbocycles. The second-order valence-electron chi connectivity index (χ2n) is 7.01. The first-order valence-corrected chi connectivity index (χ1v) is 7.81. The lowest BCUT2D eigenvalue weighted by Crippen LogP contribution is -2.65. The van der Waals surface area contributed by atoms with Gasteiger partial charge in [0.05, 0.1) is 0 Å². The van der Waals surface area contributed by atoms with Gasteiger partial charge in [-0.2, -0.15) is 0 Å². The van der Waals surface area contributed by atoms with Crippen molar-refractivity contribution in [1.29, 1.82) is 0 Å². The van der Waals surface area contributed by atoms with E-state index in [0.29, 0.717) is 18.1 Å². The molecule has 0 aromatic rings. The van der Waals surface area contributed by atoms with E-state index in [1.165, 1.54) is 13.0 Å². The number of nitrogens with two attached hydrogens (primary N) is 1. The first-order valence-electron chi connectivity index (χ1n) is 7.81. The van der Waals surface area contributed by atoms with Crippen LogP contribution >= 0.6 is 0 Å². The minimum Gasteiger partial charge on any atom is -0.329 e. The average Bonchev–Trinajstić information content (AvgIpc) is 2.81. The Labute approximate surface area is 118 Å². The molecule has 2 saturated heterocycles. The maximum absolute atomic E-state index is 6.21. The summed E-state index contributed by atoms with van der Waals surface area (Å²) >= 11 is 0. The molecule has 2 aliphatic rings. The van der Waals surface area contributed by atoms with Crippen LogP contribution in [0.4, 0.5) is 0 Å². The predicted octanol–water partition coefficient (Wildman–Crippen LogP) is 0.822. The highest BCUT2D eigenvalue weighted by Crippen LogP contribution is 2.31. The van der Waals surface area contributed by atoms with Crippen LogP contribution in [0, 0.1) is 0 Å². The molecule has 2 rings (SSSR count). The topological polar surface area (TPSA) is 35.7 Å². The largest absolute Gasteiger partial charge is 0.329 e. The third kappa shape index (κ3) is 2.82. The summed E-state index contributed by atoms with van der Waals surface area (Å²) in [5.74, 6) is 0. The molecule has 2 N–H and O–H groups in total. The molecule has 0 bridgehead atoms. The summed E-state index contributed by atoms with van der Waals surface area (Å²) in [4.78, 5) is 7.76. The molecule has 0 aromatic carbocycles. The Morgan fingerprint density at radius 2 is 1.79 bits per heavy atom. The van der Waals surface area contributed by atoms with Gasteiger partial charge in [-0.05, 0) is 41.2 Å². The summed E-state index contributed by atoms with van der Waals surface area (Å²) in [5.41, 5.74) is 6.42. The normalized spacial score (nSPS) is 39.3. The van der Waals surface area contributed by atoms with Crippen molar-refractivity contribution in [3.8, 4) is 0 Å². The van der Waals surface area contributed by atoms with Crippen LogP contribution in [0.15, 0.2) is 0 Å². The Kier molecular flexibility index (Phi) is 4.56. The standard InChI is InChI=1S/C15H32N4/c1-12(2)18-7-6-15(10-16,11-18)19-8-13(3)17(5)14(4)9-19/h12-14H,6-11,16H2,1-5H3. The Balaban J connectivity index is 2.10. The van der Waals surface area contributed by atoms with E-state index < -0.39 is 0 Å². The molecule has 2 fully saturated rings. The maximum Gasteiger partial charge on any atom is 0.0471 e. The molecule has 19 heavy (non-hydrogen) atoms. The van der Waals surface area contributed by atoms with Crippen molar-refractivity contribution in [2.24, 2.45) is 5.73 Å². The van der Waals surface area contributed by atoms with E-state index in [2.05, 4.69) is 49.4 Å². The van der Waals surface area contributed by atoms with Gasteiger partial charge in [-0.25, -0.2) is 0 Å². The molecular weight excluding hydrogens is 236 g/mol. The number of hydrogen-bond donors (Lipinski definition) is 1. The molecule has 3 atom stereocenters. The van der Waals surface area contributed by atoms with Gasteiger partial charge in [-0.15, -0.1) is 0 Å². The van der Waals surface area contributed by atoms with Gasteiger partial charge in [0.25, 0.3) is 0 Å². The fourth-order valence-corrected chi connectivity index (χ4v) is 3.67. The van der Waals surface area contributed by atoms with Crippen LogP contribution in [0.3, 0.4) is 0 Å². The quantitative estimate of drug-likeness (QED) is 0.822. The van der Waals surface area contributed by atoms with E-state index >= 15 is 0 Å². The van der Waals surface area contributed by atoms with E-state index in [-0.39, 0.29) is 5.54 Å². The number of hydrogen-bond acceptors (Lipinski definition) is 4. The summed E-state index contributed by atoms with van der Waals surface area (Å²) < 4.78 is 0. The lowest BCUT2D eigenvalue weighted by molar-refractivity contribution is -0.00690. The van der Waals surface area contributed by atoms with E-state index in [9.17, 15) is 0 Å². The maximum atomic E-state index is 6.21. The summed E-state index contributed by atoms with van der Waals surface area (Å²) in [6, 6.07) is 1.89. The van der Waals surface area contributed by atoms with Gasteiger partial charge in [-0.1, -0.05) is 0 Å². The van der Waals surface area contributed by atoms with Crippen LogP contribution < -0.4 is 5.73 Å². The monoisotopic (exact) mass is 268 g/mol. The van der Waals surface area contributed by atoms with Gasteiger partial charge in [0.1, 0.15) is 0 Å². The van der Waals surface area contributed by atoms with E-state index in [1.807, 2.05) is 0 Å². The van der Waals surface area contributed by atoms with Gasteiger partial charge in [0, 0.05) is 56.4 Å². The zero-order chi connectivity index (χ0) is 14.2. The van der Waals surface area contributed by atoms with Crippen molar-refractivity contribution in [2.75, 3.05) is 39.8 Å². The molecule has 0 aromatic heterocycles. The van der Waals surface area contributed by atoms with Crippen LogP contribution in [0.25, 0.3) is 0 Å². The van der Waals surface area contributed by atoms with Crippen LogP contribution in [-0.4, -0.2) is 78.1 Å². The minimum absolute atomic E-state index is 0.216. The zero-order valence-corrected chi connectivity index (χ0v) is 13.4. The van der Waals surface area contributed by atoms with Crippen molar-refractivity contribution < 1.29 is 0 Å². The molecule has 4 heteroatoms. The molecule has 0 amide bonds. The first kappa shape index (κ1) is 15.2. The molecular formula is C15H32N4. The van der Waals surface area contributed by atoms with E-state index in [0.717, 1.165) is 26.2 Å². The fourth-order valence-electron chi connectivity index (χ4n) is 3.67. The summed E-state index contributed by atoms with van der Waals surface area (Å²) in [6.07, 6.45) is 1.23. The fraction of sp³-hybridized carbons (Fsp3) is 1.00. The number of piperazine rings is 1. The van der Waals surface area contributed by atoms with Crippen molar-refractivity contribution in [2.45, 2.75) is 57.8 Å². The van der Waals surface area contributed by atoms with Gasteiger partial charge in [-0.3, -0.25) is 14.7 Å². The van der Waals surface area contributed by atoms with Gasteiger partial charge >= 0.3 is 0 Å². The third-order valence-corrected chi connectivity index (χ3v) is 5.50. The smallest absolute Gasteiger partial charge is 0.0471 e. The van der Waals surface area contributed by atoms with Crippen LogP contribution in [0.1, 0.15) is 34.1 Å². The van der Waals surface area contributed by atoms with Crippen LogP contribution in [-0.2, 0) is 0 Å². The Morgan fingerprint density at radius 1 is 1.21 bits per heavy atom. The lowest BCUT2D eigenvalue weighted by atomic mass is 9.92. The van der Waals surface area contributed by atoms with Crippen molar-refractivity contribution in [3.63, 3.8) is 0 Å². The van der Waals surface area contributed by atoms with Crippen molar-refractivity contribution >= 4 is 0 Å². The molecule has 2 heterocycles. The Morgan fingerprint density at radius 3 is 2.21 bits per heavy atom. The zero-order valence-electron chi connectivity index (χ0n) is 13.4. The third-order valence-electron chi connectivity index (χ3n) is 5.50. The average molecular weight is 268 g/mol. The second-order valence-corrected chi connectivity index (χ2v) is 7.01. The van der Waals surface area contributed by atoms with E-state index in [4.69, 9.17) is 5.73 Å². The second kappa shape index (κ2) is 5.68. The molecule has 112 valence electrons. The SMILES string of the molecule is CC(C)N1CCC(CN)(N2CC(C)N(C)C(C)C2)C1. The van der Waals surface area contributed by atoms with Crippen LogP contribution in [0.5, 0.6) is 0 Å². The summed E-state index contributed by atoms with van der Waals surface area (Å²) in [5, 5.41) is 0. The molecule has 0 spiro atoms. The van der Waals surface area contributed by atoms with E-state index in [1.54, 1.807) is 0 Å². The first-order chi connectivity index (χ1) is 8.89. The molecule has 2 aliphatic heterocycles. The molecule has 0 radical (unpaired) electrons. The number of rotatable bonds is 3. The predicted molar refractivity (Wildman–Crippen MR) is 81.4 cm³/mol. The van der Waals surface area contributed by atoms with Gasteiger partial charge in [0.15, 0.2) is 0 Å². The van der Waals surface area contributed by atoms with Crippen molar-refractivity contribution in [1.82, 2.24) is 14.7 Å². The number of likely N-dealkylation sites (tertiary alicyclic amines) is 1. The molecule has 4 nitrogen and oxygen atoms in total. The van der Waals surface area contributed by atoms with Gasteiger partial charge < -0.3 is 5.73 Å². The molecule has 3 unspecified atom stereocenters. The highest BCUT2D eigenvalue weighted by atomic mass is 15.4.